The highest BCUT2D eigenvalue weighted by Crippen LogP contribution is 2.40. The Morgan fingerprint density at radius 2 is 1.54 bits per heavy atom. The first kappa shape index (κ1) is 25.2. The van der Waals surface area contributed by atoms with E-state index in [1.165, 1.54) is 33.4 Å². The highest BCUT2D eigenvalue weighted by molar-refractivity contribution is 5.73. The molecule has 1 heterocycles. The third-order valence-corrected chi connectivity index (χ3v) is 7.92. The van der Waals surface area contributed by atoms with Crippen molar-refractivity contribution in [2.75, 3.05) is 7.11 Å². The second kappa shape index (κ2) is 11.3. The number of hydrogen-bond donors (Lipinski definition) is 0. The van der Waals surface area contributed by atoms with Crippen LogP contribution in [0.5, 0.6) is 5.75 Å². The van der Waals surface area contributed by atoms with Gasteiger partial charge in [-0.25, -0.2) is 0 Å². The van der Waals surface area contributed by atoms with Crippen molar-refractivity contribution in [2.45, 2.75) is 65.6 Å². The number of fused-ring (bicyclic) bond motifs is 1. The fourth-order valence-electron chi connectivity index (χ4n) is 6.07. The van der Waals surface area contributed by atoms with Gasteiger partial charge in [-0.1, -0.05) is 86.6 Å². The van der Waals surface area contributed by atoms with Crippen LogP contribution in [0.4, 0.5) is 0 Å². The van der Waals surface area contributed by atoms with Crippen molar-refractivity contribution in [3.05, 3.63) is 118 Å². The molecule has 0 saturated heterocycles. The molecule has 0 bridgehead atoms. The van der Waals surface area contributed by atoms with Gasteiger partial charge in [0.2, 0.25) is 0 Å². The summed E-state index contributed by atoms with van der Waals surface area (Å²) in [7, 11) is 1.80. The van der Waals surface area contributed by atoms with Gasteiger partial charge in [-0.3, -0.25) is 9.88 Å². The van der Waals surface area contributed by atoms with Crippen LogP contribution < -0.4 is 4.74 Å². The average Bonchev–Trinajstić information content (AvgIpc) is 3.37. The Morgan fingerprint density at radius 3 is 2.24 bits per heavy atom. The molecular formula is C34H38N2O. The Bertz CT molecular complexity index is 1340. The van der Waals surface area contributed by atoms with Gasteiger partial charge in [0, 0.05) is 42.0 Å². The molecule has 1 unspecified atom stereocenters. The molecule has 0 amide bonds. The van der Waals surface area contributed by atoms with E-state index in [4.69, 9.17) is 9.72 Å². The highest BCUT2D eigenvalue weighted by atomic mass is 16.5. The van der Waals surface area contributed by atoms with Gasteiger partial charge < -0.3 is 4.74 Å². The number of rotatable bonds is 9. The van der Waals surface area contributed by atoms with Crippen LogP contribution >= 0.6 is 0 Å². The number of nitrogens with zero attached hydrogens (tertiary/aromatic N) is 2. The van der Waals surface area contributed by atoms with E-state index < -0.39 is 0 Å². The van der Waals surface area contributed by atoms with Crippen LogP contribution in [0.15, 0.2) is 79.0 Å². The topological polar surface area (TPSA) is 25.4 Å². The van der Waals surface area contributed by atoms with Crippen molar-refractivity contribution in [1.29, 1.82) is 0 Å². The molecule has 1 atom stereocenters. The van der Waals surface area contributed by atoms with Crippen LogP contribution in [0.2, 0.25) is 0 Å². The van der Waals surface area contributed by atoms with Gasteiger partial charge >= 0.3 is 0 Å². The Hall–Kier alpha value is -3.43. The second-order valence-corrected chi connectivity index (χ2v) is 10.1. The molecule has 3 aromatic carbocycles. The average molecular weight is 491 g/mol. The minimum absolute atomic E-state index is 0.383. The van der Waals surface area contributed by atoms with Crippen molar-refractivity contribution < 1.29 is 4.74 Å². The zero-order valence-corrected chi connectivity index (χ0v) is 22.6. The minimum Gasteiger partial charge on any atom is -0.496 e. The molecule has 190 valence electrons. The molecule has 3 nitrogen and oxygen atoms in total. The summed E-state index contributed by atoms with van der Waals surface area (Å²) in [6.45, 7) is 8.30. The lowest BCUT2D eigenvalue weighted by atomic mass is 9.92. The largest absolute Gasteiger partial charge is 0.496 e. The minimum atomic E-state index is 0.383. The maximum absolute atomic E-state index is 6.10. The van der Waals surface area contributed by atoms with Crippen molar-refractivity contribution >= 4 is 0 Å². The fourth-order valence-corrected chi connectivity index (χ4v) is 6.07. The molecule has 0 spiro atoms. The lowest BCUT2D eigenvalue weighted by molar-refractivity contribution is 0.176. The van der Waals surface area contributed by atoms with Gasteiger partial charge in [0.1, 0.15) is 5.75 Å². The molecule has 0 aliphatic heterocycles. The molecule has 0 N–H and O–H groups in total. The molecule has 1 aliphatic carbocycles. The third-order valence-electron chi connectivity index (χ3n) is 7.92. The summed E-state index contributed by atoms with van der Waals surface area (Å²) in [5.74, 6) is 0.960. The number of methoxy groups -OCH3 is 1. The van der Waals surface area contributed by atoms with Crippen LogP contribution in [0.25, 0.3) is 11.3 Å². The molecule has 5 rings (SSSR count). The lowest BCUT2D eigenvalue weighted by Gasteiger charge is -2.31. The maximum Gasteiger partial charge on any atom is 0.129 e. The quantitative estimate of drug-likeness (QED) is 0.239. The zero-order chi connectivity index (χ0) is 25.8. The Kier molecular flexibility index (Phi) is 7.71. The van der Waals surface area contributed by atoms with E-state index in [1.807, 2.05) is 0 Å². The summed E-state index contributed by atoms with van der Waals surface area (Å²) < 4.78 is 6.10. The predicted octanol–water partition coefficient (Wildman–Crippen LogP) is 7.88. The molecule has 1 aliphatic rings. The standard InChI is InChI=1S/C34H38N2O/c1-5-26-16-12-17-27(6-2)32(26)33-24(3)34(37-4)29(21-35-33)23-36(22-25-13-8-7-9-14-25)31-20-19-28-15-10-11-18-30(28)31/h7-18,21,31H,5-6,19-20,22-23H2,1-4H3. The summed E-state index contributed by atoms with van der Waals surface area (Å²) in [6.07, 6.45) is 6.31. The van der Waals surface area contributed by atoms with E-state index in [2.05, 4.69) is 105 Å². The fraction of sp³-hybridized carbons (Fsp3) is 0.324. The molecule has 3 heteroatoms. The van der Waals surface area contributed by atoms with Crippen LogP contribution in [0, 0.1) is 6.92 Å². The van der Waals surface area contributed by atoms with Crippen LogP contribution in [-0.2, 0) is 32.4 Å². The van der Waals surface area contributed by atoms with Crippen molar-refractivity contribution in [3.63, 3.8) is 0 Å². The SMILES string of the molecule is CCc1cccc(CC)c1-c1ncc(CN(Cc2ccccc2)C2CCc3ccccc32)c(OC)c1C. The number of hydrogen-bond acceptors (Lipinski definition) is 3. The highest BCUT2D eigenvalue weighted by Gasteiger charge is 2.29. The van der Waals surface area contributed by atoms with E-state index >= 15 is 0 Å². The van der Waals surface area contributed by atoms with Crippen molar-refractivity contribution in [3.8, 4) is 17.0 Å². The summed E-state index contributed by atoms with van der Waals surface area (Å²) in [6, 6.07) is 26.8. The summed E-state index contributed by atoms with van der Waals surface area (Å²) in [5.41, 5.74) is 11.6. The molecule has 37 heavy (non-hydrogen) atoms. The first-order valence-electron chi connectivity index (χ1n) is 13.6. The predicted molar refractivity (Wildman–Crippen MR) is 153 cm³/mol. The third kappa shape index (κ3) is 5.06. The molecule has 1 aromatic heterocycles. The van der Waals surface area contributed by atoms with Gasteiger partial charge in [0.05, 0.1) is 12.8 Å². The van der Waals surface area contributed by atoms with Crippen LogP contribution in [-0.4, -0.2) is 17.0 Å². The molecular weight excluding hydrogens is 452 g/mol. The summed E-state index contributed by atoms with van der Waals surface area (Å²) in [5, 5.41) is 0. The van der Waals surface area contributed by atoms with Gasteiger partial charge in [-0.15, -0.1) is 0 Å². The Balaban J connectivity index is 1.55. The smallest absolute Gasteiger partial charge is 0.129 e. The molecule has 4 aromatic rings. The lowest BCUT2D eigenvalue weighted by Crippen LogP contribution is -2.27. The molecule has 0 radical (unpaired) electrons. The number of aryl methyl sites for hydroxylation is 3. The van der Waals surface area contributed by atoms with Gasteiger partial charge in [0.25, 0.3) is 0 Å². The van der Waals surface area contributed by atoms with Gasteiger partial charge in [0.15, 0.2) is 0 Å². The van der Waals surface area contributed by atoms with Gasteiger partial charge in [-0.05, 0) is 60.4 Å². The van der Waals surface area contributed by atoms with E-state index in [-0.39, 0.29) is 0 Å². The Labute approximate surface area is 222 Å². The summed E-state index contributed by atoms with van der Waals surface area (Å²) >= 11 is 0. The first-order valence-corrected chi connectivity index (χ1v) is 13.6. The number of pyridine rings is 1. The first-order chi connectivity index (χ1) is 18.1. The number of ether oxygens (including phenoxy) is 1. The van der Waals surface area contributed by atoms with Crippen molar-refractivity contribution in [2.24, 2.45) is 0 Å². The van der Waals surface area contributed by atoms with E-state index in [0.29, 0.717) is 6.04 Å². The number of benzene rings is 3. The normalized spacial score (nSPS) is 14.7. The van der Waals surface area contributed by atoms with Crippen LogP contribution in [0.3, 0.4) is 0 Å². The summed E-state index contributed by atoms with van der Waals surface area (Å²) in [4.78, 5) is 7.71. The number of aromatic nitrogens is 1. The zero-order valence-electron chi connectivity index (χ0n) is 22.6. The van der Waals surface area contributed by atoms with E-state index in [9.17, 15) is 0 Å². The molecule has 0 fully saturated rings. The van der Waals surface area contributed by atoms with Crippen molar-refractivity contribution in [1.82, 2.24) is 9.88 Å². The van der Waals surface area contributed by atoms with Gasteiger partial charge in [-0.2, -0.15) is 0 Å². The maximum atomic E-state index is 6.10. The Morgan fingerprint density at radius 1 is 0.838 bits per heavy atom. The monoisotopic (exact) mass is 490 g/mol. The van der Waals surface area contributed by atoms with E-state index in [0.717, 1.165) is 61.3 Å². The van der Waals surface area contributed by atoms with E-state index in [1.54, 1.807) is 7.11 Å². The second-order valence-electron chi connectivity index (χ2n) is 10.1. The molecule has 0 saturated carbocycles. The van der Waals surface area contributed by atoms with Crippen LogP contribution in [0.1, 0.15) is 65.3 Å².